The summed E-state index contributed by atoms with van der Waals surface area (Å²) >= 11 is 0.704. The molecule has 4 heterocycles. The van der Waals surface area contributed by atoms with Gasteiger partial charge in [0.15, 0.2) is 22.1 Å². The van der Waals surface area contributed by atoms with Gasteiger partial charge in [-0.3, -0.25) is 20.2 Å². The lowest BCUT2D eigenvalue weighted by molar-refractivity contribution is -0.153. The van der Waals surface area contributed by atoms with Crippen molar-refractivity contribution in [1.29, 1.82) is 0 Å². The van der Waals surface area contributed by atoms with E-state index >= 15 is 8.78 Å². The van der Waals surface area contributed by atoms with Crippen molar-refractivity contribution in [3.63, 3.8) is 0 Å². The minimum absolute atomic E-state index is 0.0687. The maximum Gasteiger partial charge on any atom is 0.369 e. The zero-order valence-electron chi connectivity index (χ0n) is 18.7. The average Bonchev–Trinajstić information content (AvgIpc) is 3.28. The van der Waals surface area contributed by atoms with Crippen molar-refractivity contribution in [2.45, 2.75) is 38.5 Å². The molecule has 2 saturated heterocycles. The number of barbiturate groups is 1. The topological polar surface area (TPSA) is 140 Å². The van der Waals surface area contributed by atoms with Crippen molar-refractivity contribution < 1.29 is 37.4 Å². The lowest BCUT2D eigenvalue weighted by Crippen LogP contribution is -2.75. The second-order valence-electron chi connectivity index (χ2n) is 8.60. The molecule has 14 heteroatoms. The van der Waals surface area contributed by atoms with E-state index in [2.05, 4.69) is 25.6 Å². The number of anilines is 1. The number of rotatable bonds is 2. The maximum atomic E-state index is 15.7. The van der Waals surface area contributed by atoms with Crippen LogP contribution in [0.1, 0.15) is 29.2 Å². The number of methoxy groups -OCH3 is 1. The Balaban J connectivity index is 1.71. The van der Waals surface area contributed by atoms with Crippen LogP contribution in [-0.4, -0.2) is 65.9 Å². The van der Waals surface area contributed by atoms with Gasteiger partial charge in [0.25, 0.3) is 0 Å². The highest BCUT2D eigenvalue weighted by Gasteiger charge is 2.63. The Morgan fingerprint density at radius 2 is 1.89 bits per heavy atom. The minimum atomic E-state index is -1.85. The van der Waals surface area contributed by atoms with Crippen LogP contribution in [0, 0.1) is 17.0 Å². The molecule has 2 aromatic rings. The van der Waals surface area contributed by atoms with Crippen LogP contribution in [0.5, 0.6) is 0 Å². The quantitative estimate of drug-likeness (QED) is 0.453. The number of esters is 1. The molecular weight excluding hydrogens is 488 g/mol. The number of hydrogen-bond donors (Lipinski definition) is 2. The summed E-state index contributed by atoms with van der Waals surface area (Å²) in [7, 11) is 1.15. The van der Waals surface area contributed by atoms with E-state index in [0.717, 1.165) is 7.11 Å². The first-order valence-electron chi connectivity index (χ1n) is 10.6. The second-order valence-corrected chi connectivity index (χ2v) is 9.58. The number of ether oxygens (including phenoxy) is 2. The van der Waals surface area contributed by atoms with E-state index in [0.29, 0.717) is 11.3 Å². The Bertz CT molecular complexity index is 1280. The molecule has 1 spiro atoms. The van der Waals surface area contributed by atoms with Gasteiger partial charge in [0, 0.05) is 13.0 Å². The van der Waals surface area contributed by atoms with Crippen molar-refractivity contribution in [3.05, 3.63) is 28.3 Å². The van der Waals surface area contributed by atoms with Gasteiger partial charge >= 0.3 is 12.0 Å². The van der Waals surface area contributed by atoms with Crippen LogP contribution in [0.2, 0.25) is 0 Å². The van der Waals surface area contributed by atoms with E-state index in [9.17, 15) is 19.2 Å². The van der Waals surface area contributed by atoms with Crippen molar-refractivity contribution in [2.75, 3.05) is 18.6 Å². The molecule has 5 rings (SSSR count). The summed E-state index contributed by atoms with van der Waals surface area (Å²) in [6.45, 7) is 3.44. The van der Waals surface area contributed by atoms with Gasteiger partial charge in [-0.2, -0.15) is 0 Å². The van der Waals surface area contributed by atoms with Crippen LogP contribution in [0.3, 0.4) is 0 Å². The molecule has 11 nitrogen and oxygen atoms in total. The Hall–Kier alpha value is -3.52. The number of imide groups is 2. The Kier molecular flexibility index (Phi) is 5.32. The molecule has 2 fully saturated rings. The van der Waals surface area contributed by atoms with Crippen molar-refractivity contribution in [2.24, 2.45) is 5.41 Å². The van der Waals surface area contributed by atoms with E-state index in [1.165, 1.54) is 11.0 Å². The molecule has 3 aliphatic rings. The molecule has 4 amide bonds. The third-order valence-electron chi connectivity index (χ3n) is 6.48. The minimum Gasteiger partial charge on any atom is -0.464 e. The summed E-state index contributed by atoms with van der Waals surface area (Å²) < 4.78 is 41.4. The highest BCUT2D eigenvalue weighted by atomic mass is 32.1. The van der Waals surface area contributed by atoms with Gasteiger partial charge in [-0.15, -0.1) is 10.2 Å². The molecule has 0 bridgehead atoms. The van der Waals surface area contributed by atoms with E-state index in [4.69, 9.17) is 4.74 Å². The largest absolute Gasteiger partial charge is 0.464 e. The maximum absolute atomic E-state index is 15.7. The van der Waals surface area contributed by atoms with Gasteiger partial charge in [0.05, 0.1) is 36.6 Å². The molecule has 2 N–H and O–H groups in total. The fraction of sp³-hybridized carbons (Fsp3) is 0.429. The zero-order chi connectivity index (χ0) is 25.2. The highest BCUT2D eigenvalue weighted by molar-refractivity contribution is 7.16. The van der Waals surface area contributed by atoms with Crippen molar-refractivity contribution in [1.82, 2.24) is 20.8 Å². The Morgan fingerprint density at radius 3 is 2.54 bits per heavy atom. The summed E-state index contributed by atoms with van der Waals surface area (Å²) in [5.41, 5.74) is -2.07. The summed E-state index contributed by atoms with van der Waals surface area (Å²) in [5.74, 6) is -4.91. The van der Waals surface area contributed by atoms with Crippen LogP contribution in [0.25, 0.3) is 10.6 Å². The van der Waals surface area contributed by atoms with Gasteiger partial charge in [0.2, 0.25) is 16.8 Å². The lowest BCUT2D eigenvalue weighted by atomic mass is 9.66. The lowest BCUT2D eigenvalue weighted by Gasteiger charge is -2.55. The van der Waals surface area contributed by atoms with Crippen LogP contribution in [0.4, 0.5) is 19.3 Å². The summed E-state index contributed by atoms with van der Waals surface area (Å²) in [5, 5.41) is 11.5. The van der Waals surface area contributed by atoms with Gasteiger partial charge in [-0.25, -0.2) is 18.4 Å². The molecular formula is C21H19F2N5O6S. The number of urea groups is 1. The van der Waals surface area contributed by atoms with Gasteiger partial charge in [-0.05, 0) is 25.5 Å². The van der Waals surface area contributed by atoms with Gasteiger partial charge in [0.1, 0.15) is 0 Å². The van der Waals surface area contributed by atoms with Crippen LogP contribution in [0.15, 0.2) is 6.07 Å². The van der Waals surface area contributed by atoms with Crippen LogP contribution in [-0.2, 0) is 25.5 Å². The normalized spacial score (nSPS) is 25.0. The van der Waals surface area contributed by atoms with Gasteiger partial charge < -0.3 is 14.4 Å². The van der Waals surface area contributed by atoms with E-state index < -0.39 is 59.1 Å². The number of carbonyl (C=O) groups is 4. The van der Waals surface area contributed by atoms with Crippen LogP contribution < -0.4 is 15.5 Å². The first-order valence-corrected chi connectivity index (χ1v) is 11.4. The van der Waals surface area contributed by atoms with E-state index in [1.54, 1.807) is 13.8 Å². The predicted octanol–water partition coefficient (Wildman–Crippen LogP) is 1.16. The monoisotopic (exact) mass is 507 g/mol. The second kappa shape index (κ2) is 8.02. The first kappa shape index (κ1) is 23.2. The number of carbonyl (C=O) groups excluding carboxylic acids is 4. The Morgan fingerprint density at radius 1 is 1.20 bits per heavy atom. The molecule has 0 radical (unpaired) electrons. The molecule has 1 aromatic carbocycles. The number of benzene rings is 1. The van der Waals surface area contributed by atoms with Gasteiger partial charge in [-0.1, -0.05) is 11.3 Å². The fourth-order valence-electron chi connectivity index (χ4n) is 5.19. The summed E-state index contributed by atoms with van der Waals surface area (Å²) in [6, 6.07) is -0.683. The number of fused-ring (bicyclic) bond motifs is 4. The molecule has 1 unspecified atom stereocenters. The van der Waals surface area contributed by atoms with Crippen molar-refractivity contribution in [3.8, 4) is 10.6 Å². The van der Waals surface area contributed by atoms with E-state index in [-0.39, 0.29) is 39.8 Å². The third kappa shape index (κ3) is 3.31. The molecule has 0 aliphatic carbocycles. The average molecular weight is 507 g/mol. The number of nitrogens with one attached hydrogen (secondary N) is 2. The fourth-order valence-corrected chi connectivity index (χ4v) is 5.97. The van der Waals surface area contributed by atoms with E-state index in [1.807, 2.05) is 0 Å². The highest BCUT2D eigenvalue weighted by Crippen LogP contribution is 2.49. The summed E-state index contributed by atoms with van der Waals surface area (Å²) in [6.07, 6.45) is -1.48. The Labute approximate surface area is 200 Å². The molecule has 3 aliphatic heterocycles. The molecule has 3 atom stereocenters. The number of aromatic nitrogens is 2. The first-order chi connectivity index (χ1) is 16.6. The number of morpholine rings is 1. The van der Waals surface area contributed by atoms with Crippen LogP contribution >= 0.6 is 11.3 Å². The predicted molar refractivity (Wildman–Crippen MR) is 116 cm³/mol. The zero-order valence-corrected chi connectivity index (χ0v) is 19.5. The molecule has 184 valence electrons. The number of hydrogen-bond acceptors (Lipinski definition) is 10. The molecule has 1 aromatic heterocycles. The smallest absolute Gasteiger partial charge is 0.369 e. The summed E-state index contributed by atoms with van der Waals surface area (Å²) in [4.78, 5) is 51.4. The number of amides is 4. The molecule has 35 heavy (non-hydrogen) atoms. The number of nitrogens with zero attached hydrogens (tertiary/aromatic N) is 3. The van der Waals surface area contributed by atoms with Crippen molar-refractivity contribution >= 4 is 40.8 Å². The SMILES string of the molecule is COC(=O)c1nnc(-c2cc3c(c(F)c2F)N2C[C@H](C)O[C@H](C)C2C2(C3)C(=O)NC(=O)NC2=O)s1. The third-order valence-corrected chi connectivity index (χ3v) is 7.42. The standard InChI is InChI=1S/C21H19F2N5O6S/c1-7-6-28-13-9(4-10(11(22)12(13)23)15-26-27-16(35-15)17(29)33-3)5-21(14(28)8(2)34-7)18(30)24-20(32)25-19(21)31/h4,7-8,14H,5-6H2,1-3H3,(H2,24,25,30,31,32)/t7-,8+,14?/m0/s1. The molecule has 0 saturated carbocycles. The number of halogens is 2.